The molecule has 0 aromatic heterocycles. The molecule has 0 unspecified atom stereocenters. The lowest BCUT2D eigenvalue weighted by Crippen LogP contribution is -2.51. The molecule has 0 radical (unpaired) electrons. The molecule has 0 spiro atoms. The molecule has 1 nitrogen and oxygen atoms in total. The van der Waals surface area contributed by atoms with Crippen LogP contribution in [0.3, 0.4) is 0 Å². The Balaban J connectivity index is 2.11. The molecule has 0 aliphatic carbocycles. The summed E-state index contributed by atoms with van der Waals surface area (Å²) >= 11 is 0. The van der Waals surface area contributed by atoms with Crippen molar-refractivity contribution in [3.05, 3.63) is 0 Å². The summed E-state index contributed by atoms with van der Waals surface area (Å²) in [6, 6.07) is 1.87. The topological polar surface area (TPSA) is 3.24 Å². The summed E-state index contributed by atoms with van der Waals surface area (Å²) in [5, 5.41) is 0. The second kappa shape index (κ2) is 5.53. The van der Waals surface area contributed by atoms with Crippen LogP contribution in [0.25, 0.3) is 0 Å². The van der Waals surface area contributed by atoms with Crippen molar-refractivity contribution >= 4 is 0 Å². The van der Waals surface area contributed by atoms with E-state index in [9.17, 15) is 0 Å². The third kappa shape index (κ3) is 2.16. The van der Waals surface area contributed by atoms with Gasteiger partial charge >= 0.3 is 0 Å². The second-order valence-electron chi connectivity index (χ2n) is 5.88. The summed E-state index contributed by atoms with van der Waals surface area (Å²) in [6.45, 7) is 8.54. The molecule has 0 N–H and O–H groups in total. The molecule has 0 saturated carbocycles. The Labute approximate surface area is 102 Å². The summed E-state index contributed by atoms with van der Waals surface area (Å²) in [7, 11) is 0. The quantitative estimate of drug-likeness (QED) is 0.694. The zero-order chi connectivity index (χ0) is 11.5. The third-order valence-corrected chi connectivity index (χ3v) is 5.10. The van der Waals surface area contributed by atoms with E-state index in [0.29, 0.717) is 0 Å². The Hall–Kier alpha value is -0.0400. The van der Waals surface area contributed by atoms with Crippen LogP contribution in [0.15, 0.2) is 0 Å². The van der Waals surface area contributed by atoms with E-state index in [1.807, 2.05) is 0 Å². The maximum absolute atomic E-state index is 2.90. The smallest absolute Gasteiger partial charge is 0.0127 e. The number of fused-ring (bicyclic) bond motifs is 1. The SMILES string of the molecule is CCC[C@@H]1[C@@H](CC)C[C@H](CC)[C@@H]2CCCN12. The molecular formula is C15H29N. The van der Waals surface area contributed by atoms with Crippen molar-refractivity contribution in [2.24, 2.45) is 11.8 Å². The minimum atomic E-state index is 0.922. The van der Waals surface area contributed by atoms with Gasteiger partial charge in [0, 0.05) is 12.1 Å². The predicted octanol–water partition coefficient (Wildman–Crippen LogP) is 4.08. The maximum atomic E-state index is 2.90. The fraction of sp³-hybridized carbons (Fsp3) is 1.00. The Morgan fingerprint density at radius 1 is 1.06 bits per heavy atom. The van der Waals surface area contributed by atoms with Crippen LogP contribution in [0.5, 0.6) is 0 Å². The van der Waals surface area contributed by atoms with Crippen LogP contribution >= 0.6 is 0 Å². The van der Waals surface area contributed by atoms with Gasteiger partial charge in [0.15, 0.2) is 0 Å². The zero-order valence-electron chi connectivity index (χ0n) is 11.4. The van der Waals surface area contributed by atoms with Crippen molar-refractivity contribution in [1.29, 1.82) is 0 Å². The molecule has 2 aliphatic heterocycles. The fourth-order valence-electron chi connectivity index (χ4n) is 4.28. The first-order valence-electron chi connectivity index (χ1n) is 7.57. The molecule has 0 aromatic rings. The van der Waals surface area contributed by atoms with Crippen LogP contribution in [0.2, 0.25) is 0 Å². The van der Waals surface area contributed by atoms with E-state index >= 15 is 0 Å². The molecule has 2 aliphatic rings. The molecule has 2 fully saturated rings. The van der Waals surface area contributed by atoms with Crippen LogP contribution in [-0.4, -0.2) is 23.5 Å². The van der Waals surface area contributed by atoms with Gasteiger partial charge in [-0.15, -0.1) is 0 Å². The van der Waals surface area contributed by atoms with Crippen molar-refractivity contribution in [3.63, 3.8) is 0 Å². The van der Waals surface area contributed by atoms with Crippen molar-refractivity contribution < 1.29 is 0 Å². The first-order chi connectivity index (χ1) is 7.81. The van der Waals surface area contributed by atoms with Gasteiger partial charge in [-0.1, -0.05) is 40.0 Å². The van der Waals surface area contributed by atoms with Crippen molar-refractivity contribution in [3.8, 4) is 0 Å². The molecule has 1 heteroatoms. The van der Waals surface area contributed by atoms with Gasteiger partial charge in [0.2, 0.25) is 0 Å². The van der Waals surface area contributed by atoms with Gasteiger partial charge < -0.3 is 0 Å². The molecule has 2 heterocycles. The molecule has 94 valence electrons. The van der Waals surface area contributed by atoms with Crippen LogP contribution in [0.4, 0.5) is 0 Å². The zero-order valence-corrected chi connectivity index (χ0v) is 11.4. The highest BCUT2D eigenvalue weighted by atomic mass is 15.2. The lowest BCUT2D eigenvalue weighted by molar-refractivity contribution is 0.0188. The number of rotatable bonds is 4. The van der Waals surface area contributed by atoms with Gasteiger partial charge in [-0.2, -0.15) is 0 Å². The number of nitrogens with zero attached hydrogens (tertiary/aromatic N) is 1. The summed E-state index contributed by atoms with van der Waals surface area (Å²) in [6.07, 6.45) is 10.0. The van der Waals surface area contributed by atoms with E-state index in [0.717, 1.165) is 23.9 Å². The molecule has 0 amide bonds. The van der Waals surface area contributed by atoms with E-state index < -0.39 is 0 Å². The van der Waals surface area contributed by atoms with E-state index in [4.69, 9.17) is 0 Å². The molecule has 4 atom stereocenters. The highest BCUT2D eigenvalue weighted by Crippen LogP contribution is 2.42. The minimum absolute atomic E-state index is 0.922. The van der Waals surface area contributed by atoms with Crippen LogP contribution in [-0.2, 0) is 0 Å². The number of piperidine rings is 1. The normalized spacial score (nSPS) is 39.9. The Bertz CT molecular complexity index is 213. The van der Waals surface area contributed by atoms with E-state index in [2.05, 4.69) is 25.7 Å². The summed E-state index contributed by atoms with van der Waals surface area (Å²) in [5.74, 6) is 1.99. The lowest BCUT2D eigenvalue weighted by Gasteiger charge is -2.47. The predicted molar refractivity (Wildman–Crippen MR) is 70.6 cm³/mol. The van der Waals surface area contributed by atoms with Gasteiger partial charge in [0.1, 0.15) is 0 Å². The van der Waals surface area contributed by atoms with Crippen molar-refractivity contribution in [1.82, 2.24) is 4.90 Å². The van der Waals surface area contributed by atoms with Gasteiger partial charge in [-0.3, -0.25) is 4.90 Å². The average Bonchev–Trinajstić information content (AvgIpc) is 2.78. The van der Waals surface area contributed by atoms with E-state index in [-0.39, 0.29) is 0 Å². The summed E-state index contributed by atoms with van der Waals surface area (Å²) < 4.78 is 0. The molecule has 2 rings (SSSR count). The molecular weight excluding hydrogens is 194 g/mol. The maximum Gasteiger partial charge on any atom is 0.0127 e. The van der Waals surface area contributed by atoms with Gasteiger partial charge in [0.05, 0.1) is 0 Å². The minimum Gasteiger partial charge on any atom is -0.297 e. The van der Waals surface area contributed by atoms with Crippen molar-refractivity contribution in [2.75, 3.05) is 6.54 Å². The van der Waals surface area contributed by atoms with Crippen LogP contribution in [0.1, 0.15) is 65.7 Å². The fourth-order valence-corrected chi connectivity index (χ4v) is 4.28. The Morgan fingerprint density at radius 2 is 1.81 bits per heavy atom. The van der Waals surface area contributed by atoms with Gasteiger partial charge in [-0.05, 0) is 44.1 Å². The van der Waals surface area contributed by atoms with E-state index in [1.165, 1.54) is 51.5 Å². The Morgan fingerprint density at radius 3 is 2.44 bits per heavy atom. The van der Waals surface area contributed by atoms with Crippen molar-refractivity contribution in [2.45, 2.75) is 77.8 Å². The monoisotopic (exact) mass is 223 g/mol. The van der Waals surface area contributed by atoms with Crippen LogP contribution in [0, 0.1) is 11.8 Å². The largest absolute Gasteiger partial charge is 0.297 e. The Kier molecular flexibility index (Phi) is 4.29. The van der Waals surface area contributed by atoms with Gasteiger partial charge in [0.25, 0.3) is 0 Å². The first-order valence-corrected chi connectivity index (χ1v) is 7.57. The average molecular weight is 223 g/mol. The highest BCUT2D eigenvalue weighted by Gasteiger charge is 2.42. The molecule has 2 saturated heterocycles. The second-order valence-corrected chi connectivity index (χ2v) is 5.88. The summed E-state index contributed by atoms with van der Waals surface area (Å²) in [5.41, 5.74) is 0. The van der Waals surface area contributed by atoms with Crippen LogP contribution < -0.4 is 0 Å². The van der Waals surface area contributed by atoms with E-state index in [1.54, 1.807) is 0 Å². The molecule has 16 heavy (non-hydrogen) atoms. The standard InChI is InChI=1S/C15H29N/c1-4-8-14-12(5-2)11-13(6-3)15-9-7-10-16(14)15/h12-15H,4-11H2,1-3H3/t12-,13-,14+,15-/m0/s1. The number of hydrogen-bond donors (Lipinski definition) is 0. The third-order valence-electron chi connectivity index (χ3n) is 5.10. The number of hydrogen-bond acceptors (Lipinski definition) is 1. The highest BCUT2D eigenvalue weighted by molar-refractivity contribution is 4.96. The molecule has 0 aromatic carbocycles. The molecule has 0 bridgehead atoms. The first kappa shape index (κ1) is 12.4. The summed E-state index contributed by atoms with van der Waals surface area (Å²) in [4.78, 5) is 2.90. The van der Waals surface area contributed by atoms with Gasteiger partial charge in [-0.25, -0.2) is 0 Å². The lowest BCUT2D eigenvalue weighted by atomic mass is 9.75.